The highest BCUT2D eigenvalue weighted by molar-refractivity contribution is 5.92. The first-order chi connectivity index (χ1) is 8.81. The number of fused-ring (bicyclic) bond motifs is 1. The Bertz CT molecular complexity index is 418. The van der Waals surface area contributed by atoms with Crippen LogP contribution >= 0.6 is 0 Å². The van der Waals surface area contributed by atoms with Gasteiger partial charge in [-0.15, -0.1) is 0 Å². The SMILES string of the molecule is CCCOCC(=O)Nc1cccc2c1CNCC2. The molecule has 0 unspecified atom stereocenters. The number of carbonyl (C=O) groups excluding carboxylic acids is 1. The van der Waals surface area contributed by atoms with Gasteiger partial charge < -0.3 is 15.4 Å². The smallest absolute Gasteiger partial charge is 0.250 e. The molecule has 0 spiro atoms. The summed E-state index contributed by atoms with van der Waals surface area (Å²) in [7, 11) is 0. The minimum absolute atomic E-state index is 0.0811. The predicted molar refractivity (Wildman–Crippen MR) is 71.6 cm³/mol. The third-order valence-electron chi connectivity index (χ3n) is 3.00. The summed E-state index contributed by atoms with van der Waals surface area (Å²) in [5.74, 6) is -0.0811. The molecule has 2 N–H and O–H groups in total. The van der Waals surface area contributed by atoms with Crippen LogP contribution in [0.5, 0.6) is 0 Å². The van der Waals surface area contributed by atoms with Gasteiger partial charge in [-0.25, -0.2) is 0 Å². The Hall–Kier alpha value is -1.39. The topological polar surface area (TPSA) is 50.4 Å². The lowest BCUT2D eigenvalue weighted by Gasteiger charge is -2.20. The Balaban J connectivity index is 1.98. The highest BCUT2D eigenvalue weighted by Gasteiger charge is 2.13. The zero-order valence-electron chi connectivity index (χ0n) is 10.8. The molecule has 18 heavy (non-hydrogen) atoms. The number of amides is 1. The summed E-state index contributed by atoms with van der Waals surface area (Å²) >= 11 is 0. The highest BCUT2D eigenvalue weighted by atomic mass is 16.5. The van der Waals surface area contributed by atoms with Crippen molar-refractivity contribution in [2.24, 2.45) is 0 Å². The number of carbonyl (C=O) groups is 1. The maximum atomic E-state index is 11.7. The molecule has 0 saturated carbocycles. The van der Waals surface area contributed by atoms with Crippen molar-refractivity contribution in [3.8, 4) is 0 Å². The van der Waals surface area contributed by atoms with Crippen LogP contribution in [0.25, 0.3) is 0 Å². The molecule has 1 heterocycles. The summed E-state index contributed by atoms with van der Waals surface area (Å²) in [4.78, 5) is 11.7. The van der Waals surface area contributed by atoms with E-state index in [-0.39, 0.29) is 12.5 Å². The summed E-state index contributed by atoms with van der Waals surface area (Å²) < 4.78 is 5.23. The molecule has 0 bridgehead atoms. The molecule has 0 aromatic heterocycles. The van der Waals surface area contributed by atoms with Gasteiger partial charge in [-0.3, -0.25) is 4.79 Å². The number of benzene rings is 1. The van der Waals surface area contributed by atoms with E-state index >= 15 is 0 Å². The molecule has 1 aliphatic rings. The van der Waals surface area contributed by atoms with E-state index in [1.54, 1.807) is 0 Å². The molecule has 2 rings (SSSR count). The first-order valence-corrected chi connectivity index (χ1v) is 6.50. The van der Waals surface area contributed by atoms with Crippen LogP contribution in [0.2, 0.25) is 0 Å². The maximum absolute atomic E-state index is 11.7. The van der Waals surface area contributed by atoms with Crippen LogP contribution < -0.4 is 10.6 Å². The van der Waals surface area contributed by atoms with Crippen LogP contribution in [0.1, 0.15) is 24.5 Å². The fourth-order valence-corrected chi connectivity index (χ4v) is 2.13. The van der Waals surface area contributed by atoms with Gasteiger partial charge in [0.2, 0.25) is 5.91 Å². The van der Waals surface area contributed by atoms with Gasteiger partial charge in [-0.05, 0) is 36.6 Å². The molecule has 4 nitrogen and oxygen atoms in total. The van der Waals surface area contributed by atoms with E-state index in [9.17, 15) is 4.79 Å². The molecule has 1 aromatic carbocycles. The molecule has 0 radical (unpaired) electrons. The highest BCUT2D eigenvalue weighted by Crippen LogP contribution is 2.22. The van der Waals surface area contributed by atoms with Crippen LogP contribution in [-0.4, -0.2) is 25.7 Å². The summed E-state index contributed by atoms with van der Waals surface area (Å²) in [5.41, 5.74) is 3.43. The zero-order valence-corrected chi connectivity index (χ0v) is 10.8. The van der Waals surface area contributed by atoms with E-state index in [0.29, 0.717) is 6.61 Å². The van der Waals surface area contributed by atoms with E-state index in [0.717, 1.165) is 31.6 Å². The largest absolute Gasteiger partial charge is 0.372 e. The van der Waals surface area contributed by atoms with Gasteiger partial charge in [0, 0.05) is 18.8 Å². The fourth-order valence-electron chi connectivity index (χ4n) is 2.13. The van der Waals surface area contributed by atoms with Gasteiger partial charge >= 0.3 is 0 Å². The van der Waals surface area contributed by atoms with Crippen LogP contribution in [0.15, 0.2) is 18.2 Å². The van der Waals surface area contributed by atoms with Crippen molar-refractivity contribution in [1.82, 2.24) is 5.32 Å². The molecule has 1 aliphatic heterocycles. The summed E-state index contributed by atoms with van der Waals surface area (Å²) in [5, 5.41) is 6.25. The lowest BCUT2D eigenvalue weighted by atomic mass is 9.99. The third-order valence-corrected chi connectivity index (χ3v) is 3.00. The number of ether oxygens (including phenoxy) is 1. The Morgan fingerprint density at radius 2 is 2.39 bits per heavy atom. The summed E-state index contributed by atoms with van der Waals surface area (Å²) in [6.07, 6.45) is 1.95. The predicted octanol–water partition coefficient (Wildman–Crippen LogP) is 1.70. The quantitative estimate of drug-likeness (QED) is 0.780. The molecule has 1 amide bonds. The van der Waals surface area contributed by atoms with Crippen LogP contribution in [0.3, 0.4) is 0 Å². The third kappa shape index (κ3) is 3.31. The first kappa shape index (κ1) is 13.1. The van der Waals surface area contributed by atoms with E-state index in [4.69, 9.17) is 4.74 Å². The van der Waals surface area contributed by atoms with Crippen molar-refractivity contribution in [1.29, 1.82) is 0 Å². The summed E-state index contributed by atoms with van der Waals surface area (Å²) in [6, 6.07) is 6.07. The van der Waals surface area contributed by atoms with Gasteiger partial charge in [0.15, 0.2) is 0 Å². The molecule has 98 valence electrons. The van der Waals surface area contributed by atoms with Crippen molar-refractivity contribution >= 4 is 11.6 Å². The van der Waals surface area contributed by atoms with Crippen LogP contribution in [-0.2, 0) is 22.5 Å². The second-order valence-electron chi connectivity index (χ2n) is 4.47. The number of hydrogen-bond acceptors (Lipinski definition) is 3. The monoisotopic (exact) mass is 248 g/mol. The van der Waals surface area contributed by atoms with Crippen LogP contribution in [0, 0.1) is 0 Å². The standard InChI is InChI=1S/C14H20N2O2/c1-2-8-18-10-14(17)16-13-5-3-4-11-6-7-15-9-12(11)13/h3-5,15H,2,6-10H2,1H3,(H,16,17). The van der Waals surface area contributed by atoms with Crippen molar-refractivity contribution in [2.75, 3.05) is 25.1 Å². The second-order valence-corrected chi connectivity index (χ2v) is 4.47. The number of nitrogens with one attached hydrogen (secondary N) is 2. The minimum atomic E-state index is -0.0811. The maximum Gasteiger partial charge on any atom is 0.250 e. The van der Waals surface area contributed by atoms with Crippen molar-refractivity contribution in [2.45, 2.75) is 26.3 Å². The Morgan fingerprint density at radius 3 is 3.22 bits per heavy atom. The first-order valence-electron chi connectivity index (χ1n) is 6.50. The molecule has 0 fully saturated rings. The molecule has 4 heteroatoms. The Morgan fingerprint density at radius 1 is 1.50 bits per heavy atom. The molecule has 0 saturated heterocycles. The van der Waals surface area contributed by atoms with Crippen molar-refractivity contribution in [3.05, 3.63) is 29.3 Å². The Labute approximate surface area is 108 Å². The molecular formula is C14H20N2O2. The van der Waals surface area contributed by atoms with Crippen LogP contribution in [0.4, 0.5) is 5.69 Å². The van der Waals surface area contributed by atoms with Gasteiger partial charge in [0.25, 0.3) is 0 Å². The molecule has 1 aromatic rings. The molecule has 0 atom stereocenters. The van der Waals surface area contributed by atoms with Crippen molar-refractivity contribution in [3.63, 3.8) is 0 Å². The second kappa shape index (κ2) is 6.52. The van der Waals surface area contributed by atoms with Crippen molar-refractivity contribution < 1.29 is 9.53 Å². The van der Waals surface area contributed by atoms with Gasteiger partial charge in [-0.1, -0.05) is 19.1 Å². The number of hydrogen-bond donors (Lipinski definition) is 2. The Kier molecular flexibility index (Phi) is 4.73. The number of anilines is 1. The normalized spacial score (nSPS) is 14.1. The number of rotatable bonds is 5. The van der Waals surface area contributed by atoms with Gasteiger partial charge in [0.05, 0.1) is 0 Å². The average molecular weight is 248 g/mol. The van der Waals surface area contributed by atoms with Gasteiger partial charge in [-0.2, -0.15) is 0 Å². The van der Waals surface area contributed by atoms with E-state index in [1.165, 1.54) is 11.1 Å². The van der Waals surface area contributed by atoms with Gasteiger partial charge in [0.1, 0.15) is 6.61 Å². The molecule has 0 aliphatic carbocycles. The lowest BCUT2D eigenvalue weighted by Crippen LogP contribution is -2.26. The van der Waals surface area contributed by atoms with E-state index in [2.05, 4.69) is 16.7 Å². The minimum Gasteiger partial charge on any atom is -0.372 e. The average Bonchev–Trinajstić information content (AvgIpc) is 2.39. The molecular weight excluding hydrogens is 228 g/mol. The van der Waals surface area contributed by atoms with E-state index in [1.807, 2.05) is 19.1 Å². The van der Waals surface area contributed by atoms with E-state index < -0.39 is 0 Å². The lowest BCUT2D eigenvalue weighted by molar-refractivity contribution is -0.120. The zero-order chi connectivity index (χ0) is 12.8. The summed E-state index contributed by atoms with van der Waals surface area (Å²) in [6.45, 7) is 4.61. The fraction of sp³-hybridized carbons (Fsp3) is 0.500.